The first-order valence-corrected chi connectivity index (χ1v) is 11.6. The van der Waals surface area contributed by atoms with Gasteiger partial charge in [-0.1, -0.05) is 13.0 Å². The molecule has 1 heterocycles. The van der Waals surface area contributed by atoms with E-state index in [1.54, 1.807) is 25.1 Å². The molecule has 1 N–H and O–H groups in total. The Morgan fingerprint density at radius 2 is 1.59 bits per heavy atom. The van der Waals surface area contributed by atoms with Gasteiger partial charge in [0.15, 0.2) is 0 Å². The van der Waals surface area contributed by atoms with E-state index in [-0.39, 0.29) is 36.7 Å². The van der Waals surface area contributed by atoms with Gasteiger partial charge in [-0.2, -0.15) is 39.5 Å². The molecule has 0 spiro atoms. The predicted octanol–water partition coefficient (Wildman–Crippen LogP) is 6.95. The fraction of sp³-hybridized carbons (Fsp3) is 0.480. The highest BCUT2D eigenvalue weighted by atomic mass is 19.4. The standard InChI is InChI=1S/C25H23F9N2O/c1-2-21(37)35-20-6-3-14-9-18(4-5-19(14)20)36-8-7-22(13-36,25(32,33)34)15-10-16(23(26,27)28)12-17(11-15)24(29,30)31/h4-5,9-12,20H,2-3,6-8,13H2,1H3,(H,35,37)/t20-,22-/m0/s1. The van der Waals surface area contributed by atoms with Crippen LogP contribution in [-0.2, 0) is 29.0 Å². The number of nitrogens with one attached hydrogen (secondary N) is 1. The number of hydrogen-bond donors (Lipinski definition) is 1. The summed E-state index contributed by atoms with van der Waals surface area (Å²) in [5.74, 6) is -0.143. The lowest BCUT2D eigenvalue weighted by Crippen LogP contribution is -2.45. The lowest BCUT2D eigenvalue weighted by molar-refractivity contribution is -0.185. The van der Waals surface area contributed by atoms with Gasteiger partial charge in [-0.3, -0.25) is 4.79 Å². The molecule has 0 aromatic heterocycles. The molecule has 2 atom stereocenters. The van der Waals surface area contributed by atoms with Crippen molar-refractivity contribution in [1.82, 2.24) is 5.32 Å². The summed E-state index contributed by atoms with van der Waals surface area (Å²) in [4.78, 5) is 13.1. The van der Waals surface area contributed by atoms with E-state index < -0.39 is 53.6 Å². The molecular formula is C25H23F9N2O. The number of carbonyl (C=O) groups excluding carboxylic acids is 1. The van der Waals surface area contributed by atoms with Crippen LogP contribution in [-0.4, -0.2) is 25.2 Å². The van der Waals surface area contributed by atoms with E-state index in [2.05, 4.69) is 5.32 Å². The fourth-order valence-corrected chi connectivity index (χ4v) is 5.14. The molecular weight excluding hydrogens is 515 g/mol. The molecule has 2 aromatic carbocycles. The van der Waals surface area contributed by atoms with Crippen LogP contribution in [0.3, 0.4) is 0 Å². The number of benzene rings is 2. The van der Waals surface area contributed by atoms with Crippen molar-refractivity contribution < 1.29 is 44.3 Å². The number of carbonyl (C=O) groups is 1. The second kappa shape index (κ2) is 9.13. The molecule has 1 amide bonds. The second-order valence-electron chi connectivity index (χ2n) is 9.44. The smallest absolute Gasteiger partial charge is 0.370 e. The minimum Gasteiger partial charge on any atom is -0.370 e. The van der Waals surface area contributed by atoms with Crippen molar-refractivity contribution in [3.05, 3.63) is 64.2 Å². The largest absolute Gasteiger partial charge is 0.416 e. The Morgan fingerprint density at radius 3 is 2.14 bits per heavy atom. The van der Waals surface area contributed by atoms with Crippen LogP contribution in [0.2, 0.25) is 0 Å². The molecule has 0 bridgehead atoms. The van der Waals surface area contributed by atoms with Gasteiger partial charge in [-0.05, 0) is 66.3 Å². The maximum absolute atomic E-state index is 14.4. The molecule has 2 aliphatic rings. The van der Waals surface area contributed by atoms with E-state index in [1.807, 2.05) is 0 Å². The molecule has 0 radical (unpaired) electrons. The normalized spacial score (nSPS) is 22.3. The van der Waals surface area contributed by atoms with Crippen LogP contribution >= 0.6 is 0 Å². The average molecular weight is 538 g/mol. The number of amides is 1. The van der Waals surface area contributed by atoms with E-state index in [0.717, 1.165) is 11.1 Å². The molecule has 0 saturated carbocycles. The number of rotatable bonds is 4. The Hall–Kier alpha value is -2.92. The molecule has 4 rings (SSSR count). The van der Waals surface area contributed by atoms with E-state index in [1.165, 1.54) is 4.90 Å². The van der Waals surface area contributed by atoms with Crippen LogP contribution in [0.4, 0.5) is 45.2 Å². The third kappa shape index (κ3) is 5.11. The zero-order chi connectivity index (χ0) is 27.4. The molecule has 1 aliphatic carbocycles. The van der Waals surface area contributed by atoms with Gasteiger partial charge in [0.25, 0.3) is 0 Å². The number of anilines is 1. The summed E-state index contributed by atoms with van der Waals surface area (Å²) in [7, 11) is 0. The number of aryl methyl sites for hydroxylation is 1. The zero-order valence-electron chi connectivity index (χ0n) is 19.5. The number of hydrogen-bond acceptors (Lipinski definition) is 2. The van der Waals surface area contributed by atoms with Gasteiger partial charge in [0.1, 0.15) is 5.41 Å². The van der Waals surface area contributed by atoms with E-state index in [0.29, 0.717) is 24.9 Å². The average Bonchev–Trinajstić information content (AvgIpc) is 3.43. The molecule has 12 heteroatoms. The van der Waals surface area contributed by atoms with Crippen LogP contribution in [0, 0.1) is 0 Å². The molecule has 1 aliphatic heterocycles. The topological polar surface area (TPSA) is 32.3 Å². The van der Waals surface area contributed by atoms with Crippen molar-refractivity contribution in [3.63, 3.8) is 0 Å². The SMILES string of the molecule is CCC(=O)N[C@H]1CCc2cc(N3CC[C@](c4cc(C(F)(F)F)cc(C(F)(F)F)c4)(C(F)(F)F)C3)ccc21. The first kappa shape index (κ1) is 27.1. The highest BCUT2D eigenvalue weighted by Gasteiger charge is 2.60. The Balaban J connectivity index is 1.71. The Labute approximate surface area is 206 Å². The molecule has 0 unspecified atom stereocenters. The molecule has 202 valence electrons. The third-order valence-electron chi connectivity index (χ3n) is 7.18. The van der Waals surface area contributed by atoms with Gasteiger partial charge in [0.2, 0.25) is 5.91 Å². The Kier molecular flexibility index (Phi) is 6.69. The van der Waals surface area contributed by atoms with Crippen LogP contribution in [0.25, 0.3) is 0 Å². The second-order valence-corrected chi connectivity index (χ2v) is 9.44. The van der Waals surface area contributed by atoms with Crippen molar-refractivity contribution in [2.75, 3.05) is 18.0 Å². The summed E-state index contributed by atoms with van der Waals surface area (Å²) in [6, 6.07) is 4.88. The van der Waals surface area contributed by atoms with Crippen LogP contribution in [0.1, 0.15) is 60.0 Å². The molecule has 37 heavy (non-hydrogen) atoms. The minimum absolute atomic E-state index is 0.143. The van der Waals surface area contributed by atoms with Crippen molar-refractivity contribution in [3.8, 4) is 0 Å². The first-order valence-electron chi connectivity index (χ1n) is 11.6. The lowest BCUT2D eigenvalue weighted by atomic mass is 9.77. The maximum Gasteiger partial charge on any atom is 0.416 e. The Bertz CT molecular complexity index is 1150. The van der Waals surface area contributed by atoms with Gasteiger partial charge in [-0.15, -0.1) is 0 Å². The van der Waals surface area contributed by atoms with Crippen LogP contribution < -0.4 is 10.2 Å². The number of alkyl halides is 9. The third-order valence-corrected chi connectivity index (χ3v) is 7.18. The van der Waals surface area contributed by atoms with Gasteiger partial charge in [-0.25, -0.2) is 0 Å². The minimum atomic E-state index is -5.26. The van der Waals surface area contributed by atoms with Gasteiger partial charge in [0, 0.05) is 25.2 Å². The Morgan fingerprint density at radius 1 is 0.973 bits per heavy atom. The number of fused-ring (bicyclic) bond motifs is 1. The quantitative estimate of drug-likeness (QED) is 0.428. The number of nitrogens with zero attached hydrogens (tertiary/aromatic N) is 1. The van der Waals surface area contributed by atoms with Crippen LogP contribution in [0.15, 0.2) is 36.4 Å². The van der Waals surface area contributed by atoms with E-state index in [9.17, 15) is 44.3 Å². The van der Waals surface area contributed by atoms with Gasteiger partial charge in [0.05, 0.1) is 17.2 Å². The van der Waals surface area contributed by atoms with Crippen LogP contribution in [0.5, 0.6) is 0 Å². The predicted molar refractivity (Wildman–Crippen MR) is 117 cm³/mol. The van der Waals surface area contributed by atoms with Gasteiger partial charge < -0.3 is 10.2 Å². The maximum atomic E-state index is 14.4. The first-order chi connectivity index (χ1) is 17.0. The van der Waals surface area contributed by atoms with Crippen molar-refractivity contribution in [1.29, 1.82) is 0 Å². The summed E-state index contributed by atoms with van der Waals surface area (Å²) in [6.07, 6.45) is -14.9. The monoisotopic (exact) mass is 538 g/mol. The number of halogens is 9. The summed E-state index contributed by atoms with van der Waals surface area (Å²) >= 11 is 0. The fourth-order valence-electron chi connectivity index (χ4n) is 5.14. The van der Waals surface area contributed by atoms with Crippen molar-refractivity contribution in [2.45, 2.75) is 62.6 Å². The van der Waals surface area contributed by atoms with Crippen molar-refractivity contribution in [2.24, 2.45) is 0 Å². The molecule has 1 fully saturated rings. The highest BCUT2D eigenvalue weighted by molar-refractivity contribution is 5.76. The van der Waals surface area contributed by atoms with E-state index in [4.69, 9.17) is 0 Å². The summed E-state index contributed by atoms with van der Waals surface area (Å²) in [6.45, 7) is 0.659. The van der Waals surface area contributed by atoms with Crippen molar-refractivity contribution >= 4 is 11.6 Å². The summed E-state index contributed by atoms with van der Waals surface area (Å²) in [5.41, 5.74) is -5.51. The molecule has 1 saturated heterocycles. The molecule has 3 nitrogen and oxygen atoms in total. The highest BCUT2D eigenvalue weighted by Crippen LogP contribution is 2.51. The van der Waals surface area contributed by atoms with E-state index >= 15 is 0 Å². The van der Waals surface area contributed by atoms with Gasteiger partial charge >= 0.3 is 18.5 Å². The summed E-state index contributed by atoms with van der Waals surface area (Å²) in [5, 5.41) is 2.88. The lowest BCUT2D eigenvalue weighted by Gasteiger charge is -2.33. The zero-order valence-corrected chi connectivity index (χ0v) is 19.5. The summed E-state index contributed by atoms with van der Waals surface area (Å²) < 4.78 is 123. The molecule has 2 aromatic rings.